The Morgan fingerprint density at radius 3 is 2.12 bits per heavy atom. The number of hydrogen-bond acceptors (Lipinski definition) is 3. The molecular weight excluding hydrogens is 335 g/mol. The number of carboxylic acids is 1. The van der Waals surface area contributed by atoms with E-state index >= 15 is 0 Å². The van der Waals surface area contributed by atoms with Crippen molar-refractivity contribution in [1.29, 1.82) is 0 Å². The summed E-state index contributed by atoms with van der Waals surface area (Å²) >= 11 is 0. The molecule has 1 aromatic rings. The number of carboxylic acid groups (broad SMARTS) is 1. The lowest BCUT2D eigenvalue weighted by Gasteiger charge is -2.27. The lowest BCUT2D eigenvalue weighted by atomic mass is 9.99. The number of carbonyl (C=O) groups is 1. The van der Waals surface area contributed by atoms with Gasteiger partial charge in [0.15, 0.2) is 0 Å². The number of aromatic carboxylic acids is 1. The van der Waals surface area contributed by atoms with E-state index in [0.717, 1.165) is 32.6 Å². The predicted octanol–water partition coefficient (Wildman–Crippen LogP) is 4.12. The van der Waals surface area contributed by atoms with E-state index in [2.05, 4.69) is 4.98 Å². The number of nitrogens with zero attached hydrogens (tertiary/aromatic N) is 2. The number of pyridine rings is 1. The second kappa shape index (κ2) is 6.52. The highest BCUT2D eigenvalue weighted by molar-refractivity contribution is 5.95. The molecule has 1 aliphatic heterocycles. The SMILES string of the molecule is Cc1c(C(F)(F)C(F)(F)F)cnc(N2CCCCCC2)c1C(=O)O. The molecule has 0 aliphatic carbocycles. The van der Waals surface area contributed by atoms with Crippen LogP contribution in [0.3, 0.4) is 0 Å². The lowest BCUT2D eigenvalue weighted by Crippen LogP contribution is -2.36. The molecule has 0 spiro atoms. The van der Waals surface area contributed by atoms with Crippen molar-refractivity contribution in [3.05, 3.63) is 22.9 Å². The zero-order valence-electron chi connectivity index (χ0n) is 13.0. The third-order valence-corrected chi connectivity index (χ3v) is 4.13. The van der Waals surface area contributed by atoms with E-state index in [1.165, 1.54) is 0 Å². The maximum Gasteiger partial charge on any atom is 0.458 e. The van der Waals surface area contributed by atoms with Crippen molar-refractivity contribution in [3.8, 4) is 0 Å². The quantitative estimate of drug-likeness (QED) is 0.832. The molecule has 0 saturated carbocycles. The molecule has 4 nitrogen and oxygen atoms in total. The highest BCUT2D eigenvalue weighted by Gasteiger charge is 2.60. The Hall–Kier alpha value is -1.93. The van der Waals surface area contributed by atoms with E-state index in [1.807, 2.05) is 0 Å². The average molecular weight is 352 g/mol. The Labute approximate surface area is 135 Å². The smallest absolute Gasteiger partial charge is 0.458 e. The number of hydrogen-bond donors (Lipinski definition) is 1. The van der Waals surface area contributed by atoms with Gasteiger partial charge < -0.3 is 10.0 Å². The van der Waals surface area contributed by atoms with Gasteiger partial charge in [-0.25, -0.2) is 9.78 Å². The molecule has 0 atom stereocenters. The van der Waals surface area contributed by atoms with E-state index < -0.39 is 34.8 Å². The number of anilines is 1. The molecule has 134 valence electrons. The summed E-state index contributed by atoms with van der Waals surface area (Å²) in [4.78, 5) is 16.8. The van der Waals surface area contributed by atoms with E-state index in [4.69, 9.17) is 0 Å². The summed E-state index contributed by atoms with van der Waals surface area (Å²) in [5, 5.41) is 9.35. The molecular formula is C15H17F5N2O2. The highest BCUT2D eigenvalue weighted by atomic mass is 19.4. The number of alkyl halides is 5. The topological polar surface area (TPSA) is 53.4 Å². The van der Waals surface area contributed by atoms with Crippen LogP contribution in [0.4, 0.5) is 27.8 Å². The van der Waals surface area contributed by atoms with Gasteiger partial charge in [0, 0.05) is 19.3 Å². The van der Waals surface area contributed by atoms with Gasteiger partial charge in [-0.3, -0.25) is 0 Å². The molecule has 0 amide bonds. The Kier molecular flexibility index (Phi) is 5.00. The highest BCUT2D eigenvalue weighted by Crippen LogP contribution is 2.46. The molecule has 1 saturated heterocycles. The van der Waals surface area contributed by atoms with Crippen molar-refractivity contribution in [1.82, 2.24) is 4.98 Å². The molecule has 0 aromatic carbocycles. The van der Waals surface area contributed by atoms with Gasteiger partial charge in [-0.15, -0.1) is 0 Å². The zero-order chi connectivity index (χ0) is 18.1. The van der Waals surface area contributed by atoms with Gasteiger partial charge in [-0.2, -0.15) is 22.0 Å². The first-order chi connectivity index (χ1) is 11.1. The lowest BCUT2D eigenvalue weighted by molar-refractivity contribution is -0.289. The third-order valence-electron chi connectivity index (χ3n) is 4.13. The molecule has 0 radical (unpaired) electrons. The summed E-state index contributed by atoms with van der Waals surface area (Å²) in [6.07, 6.45) is -1.93. The Morgan fingerprint density at radius 1 is 1.12 bits per heavy atom. The number of aromatic nitrogens is 1. The minimum atomic E-state index is -5.82. The van der Waals surface area contributed by atoms with Crippen molar-refractivity contribution >= 4 is 11.8 Å². The van der Waals surface area contributed by atoms with Crippen LogP contribution in [0, 0.1) is 6.92 Å². The minimum absolute atomic E-state index is 0.0522. The van der Waals surface area contributed by atoms with E-state index in [-0.39, 0.29) is 5.82 Å². The summed E-state index contributed by atoms with van der Waals surface area (Å²) in [7, 11) is 0. The van der Waals surface area contributed by atoms with Crippen LogP contribution in [-0.4, -0.2) is 35.3 Å². The van der Waals surface area contributed by atoms with Gasteiger partial charge in [-0.05, 0) is 25.3 Å². The maximum absolute atomic E-state index is 13.6. The Balaban J connectivity index is 2.57. The first-order valence-corrected chi connectivity index (χ1v) is 7.50. The molecule has 9 heteroatoms. The molecule has 1 N–H and O–H groups in total. The first-order valence-electron chi connectivity index (χ1n) is 7.50. The Bertz CT molecular complexity index is 623. The number of rotatable bonds is 3. The molecule has 1 aromatic heterocycles. The van der Waals surface area contributed by atoms with Gasteiger partial charge in [0.25, 0.3) is 0 Å². The van der Waals surface area contributed by atoms with Crippen LogP contribution in [0.15, 0.2) is 6.20 Å². The first kappa shape index (κ1) is 18.4. The fraction of sp³-hybridized carbons (Fsp3) is 0.600. The van der Waals surface area contributed by atoms with Crippen molar-refractivity contribution in [2.75, 3.05) is 18.0 Å². The van der Waals surface area contributed by atoms with Gasteiger partial charge in [0.05, 0.1) is 5.56 Å². The fourth-order valence-corrected chi connectivity index (χ4v) is 2.84. The number of halogens is 5. The predicted molar refractivity (Wildman–Crippen MR) is 76.6 cm³/mol. The van der Waals surface area contributed by atoms with Gasteiger partial charge >= 0.3 is 18.1 Å². The van der Waals surface area contributed by atoms with Crippen LogP contribution in [0.2, 0.25) is 0 Å². The summed E-state index contributed by atoms with van der Waals surface area (Å²) in [5.41, 5.74) is -2.64. The van der Waals surface area contributed by atoms with Crippen molar-refractivity contribution in [3.63, 3.8) is 0 Å². The van der Waals surface area contributed by atoms with Crippen LogP contribution in [0.25, 0.3) is 0 Å². The molecule has 1 fully saturated rings. The minimum Gasteiger partial charge on any atom is -0.478 e. The standard InChI is InChI=1S/C15H17F5N2O2/c1-9-10(14(16,17)15(18,19)20)8-21-12(11(9)13(23)24)22-6-4-2-3-5-7-22/h8H,2-7H2,1H3,(H,23,24). The second-order valence-corrected chi connectivity index (χ2v) is 5.77. The summed E-state index contributed by atoms with van der Waals surface area (Å²) in [6.45, 7) is 1.94. The zero-order valence-corrected chi connectivity index (χ0v) is 13.0. The largest absolute Gasteiger partial charge is 0.478 e. The molecule has 2 rings (SSSR count). The van der Waals surface area contributed by atoms with Crippen LogP contribution in [-0.2, 0) is 5.92 Å². The maximum atomic E-state index is 13.6. The van der Waals surface area contributed by atoms with Crippen molar-refractivity contribution in [2.45, 2.75) is 44.7 Å². The van der Waals surface area contributed by atoms with E-state index in [1.54, 1.807) is 4.90 Å². The normalized spacial score (nSPS) is 16.8. The van der Waals surface area contributed by atoms with Crippen LogP contribution < -0.4 is 4.90 Å². The molecule has 0 unspecified atom stereocenters. The van der Waals surface area contributed by atoms with Gasteiger partial charge in [-0.1, -0.05) is 12.8 Å². The van der Waals surface area contributed by atoms with Gasteiger partial charge in [0.1, 0.15) is 11.4 Å². The average Bonchev–Trinajstić information content (AvgIpc) is 2.73. The third kappa shape index (κ3) is 3.29. The van der Waals surface area contributed by atoms with Crippen LogP contribution >= 0.6 is 0 Å². The summed E-state index contributed by atoms with van der Waals surface area (Å²) in [6, 6.07) is 0. The fourth-order valence-electron chi connectivity index (χ4n) is 2.84. The molecule has 0 bridgehead atoms. The van der Waals surface area contributed by atoms with Crippen molar-refractivity contribution < 1.29 is 31.9 Å². The molecule has 2 heterocycles. The molecule has 24 heavy (non-hydrogen) atoms. The monoisotopic (exact) mass is 352 g/mol. The second-order valence-electron chi connectivity index (χ2n) is 5.77. The Morgan fingerprint density at radius 2 is 1.67 bits per heavy atom. The van der Waals surface area contributed by atoms with Crippen LogP contribution in [0.1, 0.15) is 47.2 Å². The van der Waals surface area contributed by atoms with Crippen molar-refractivity contribution in [2.24, 2.45) is 0 Å². The summed E-state index contributed by atoms with van der Waals surface area (Å²) < 4.78 is 65.1. The summed E-state index contributed by atoms with van der Waals surface area (Å²) in [5.74, 6) is -6.78. The van der Waals surface area contributed by atoms with Crippen LogP contribution in [0.5, 0.6) is 0 Å². The van der Waals surface area contributed by atoms with Gasteiger partial charge in [0.2, 0.25) is 0 Å². The molecule has 1 aliphatic rings. The van der Waals surface area contributed by atoms with E-state index in [9.17, 15) is 31.9 Å². The van der Waals surface area contributed by atoms with E-state index in [0.29, 0.717) is 19.3 Å².